The van der Waals surface area contributed by atoms with Crippen molar-refractivity contribution in [3.63, 3.8) is 0 Å². The zero-order valence-electron chi connectivity index (χ0n) is 13.7. The van der Waals surface area contributed by atoms with Crippen LogP contribution in [0.2, 0.25) is 0 Å². The molecule has 0 saturated carbocycles. The van der Waals surface area contributed by atoms with Crippen molar-refractivity contribution in [3.05, 3.63) is 65.2 Å². The Kier molecular flexibility index (Phi) is 5.09. The minimum atomic E-state index is -0.0429. The molecule has 2 aromatic carbocycles. The second-order valence-corrected chi connectivity index (χ2v) is 6.15. The first kappa shape index (κ1) is 15.8. The van der Waals surface area contributed by atoms with Crippen LogP contribution in [0, 0.1) is 0 Å². The second-order valence-electron chi connectivity index (χ2n) is 6.15. The molecule has 0 aromatic heterocycles. The summed E-state index contributed by atoms with van der Waals surface area (Å²) in [6.45, 7) is 5.46. The molecule has 0 atom stereocenters. The number of hydrogen-bond donors (Lipinski definition) is 1. The smallest absolute Gasteiger partial charge is 0.255 e. The van der Waals surface area contributed by atoms with Gasteiger partial charge >= 0.3 is 0 Å². The van der Waals surface area contributed by atoms with Crippen molar-refractivity contribution in [3.8, 4) is 0 Å². The van der Waals surface area contributed by atoms with Crippen LogP contribution in [-0.4, -0.2) is 23.9 Å². The Morgan fingerprint density at radius 3 is 2.43 bits per heavy atom. The zero-order chi connectivity index (χ0) is 16.1. The molecule has 1 amide bonds. The number of nitrogens with zero attached hydrogens (tertiary/aromatic N) is 1. The third-order valence-corrected chi connectivity index (χ3v) is 4.47. The van der Waals surface area contributed by atoms with Gasteiger partial charge in [0.1, 0.15) is 0 Å². The normalized spacial score (nSPS) is 14.8. The first-order valence-corrected chi connectivity index (χ1v) is 8.47. The number of carbonyl (C=O) groups is 1. The monoisotopic (exact) mass is 308 g/mol. The molecule has 1 aliphatic rings. The van der Waals surface area contributed by atoms with Gasteiger partial charge in [-0.25, -0.2) is 0 Å². The summed E-state index contributed by atoms with van der Waals surface area (Å²) < 4.78 is 0. The standard InChI is InChI=1S/C20H24N2O/c1-2-17-7-3-4-8-19(17)21-20(23)18-11-9-16(10-12-18)15-22-13-5-6-14-22/h3-4,7-12H,2,5-6,13-15H2,1H3,(H,21,23). The van der Waals surface area contributed by atoms with Gasteiger partial charge in [0.15, 0.2) is 0 Å². The number of rotatable bonds is 5. The molecule has 0 aliphatic carbocycles. The molecule has 120 valence electrons. The molecular formula is C20H24N2O. The fourth-order valence-electron chi connectivity index (χ4n) is 3.11. The summed E-state index contributed by atoms with van der Waals surface area (Å²) in [5.74, 6) is -0.0429. The van der Waals surface area contributed by atoms with E-state index in [1.54, 1.807) is 0 Å². The van der Waals surface area contributed by atoms with Crippen molar-refractivity contribution in [2.45, 2.75) is 32.7 Å². The number of para-hydroxylation sites is 1. The molecule has 1 heterocycles. The molecular weight excluding hydrogens is 284 g/mol. The molecule has 3 nitrogen and oxygen atoms in total. The molecule has 1 fully saturated rings. The molecule has 1 N–H and O–H groups in total. The van der Waals surface area contributed by atoms with Gasteiger partial charge in [0.05, 0.1) is 0 Å². The van der Waals surface area contributed by atoms with E-state index in [9.17, 15) is 4.79 Å². The predicted molar refractivity (Wildman–Crippen MR) is 94.7 cm³/mol. The Morgan fingerprint density at radius 1 is 1.04 bits per heavy atom. The van der Waals surface area contributed by atoms with Crippen LogP contribution in [0.5, 0.6) is 0 Å². The third-order valence-electron chi connectivity index (χ3n) is 4.47. The van der Waals surface area contributed by atoms with Gasteiger partial charge in [0, 0.05) is 17.8 Å². The van der Waals surface area contributed by atoms with Gasteiger partial charge in [-0.3, -0.25) is 9.69 Å². The highest BCUT2D eigenvalue weighted by Gasteiger charge is 2.12. The Balaban J connectivity index is 1.65. The number of nitrogens with one attached hydrogen (secondary N) is 1. The lowest BCUT2D eigenvalue weighted by Crippen LogP contribution is -2.18. The summed E-state index contributed by atoms with van der Waals surface area (Å²) >= 11 is 0. The minimum Gasteiger partial charge on any atom is -0.322 e. The minimum absolute atomic E-state index is 0.0429. The van der Waals surface area contributed by atoms with Crippen LogP contribution in [0.4, 0.5) is 5.69 Å². The number of anilines is 1. The Bertz CT molecular complexity index is 658. The van der Waals surface area contributed by atoms with Crippen LogP contribution in [0.25, 0.3) is 0 Å². The summed E-state index contributed by atoms with van der Waals surface area (Å²) in [6.07, 6.45) is 3.51. The van der Waals surface area contributed by atoms with E-state index < -0.39 is 0 Å². The fraction of sp³-hybridized carbons (Fsp3) is 0.350. The molecule has 0 spiro atoms. The Hall–Kier alpha value is -2.13. The maximum Gasteiger partial charge on any atom is 0.255 e. The van der Waals surface area contributed by atoms with Crippen molar-refractivity contribution in [2.24, 2.45) is 0 Å². The summed E-state index contributed by atoms with van der Waals surface area (Å²) in [5.41, 5.74) is 4.05. The first-order chi connectivity index (χ1) is 11.3. The van der Waals surface area contributed by atoms with E-state index >= 15 is 0 Å². The summed E-state index contributed by atoms with van der Waals surface area (Å²) in [4.78, 5) is 14.9. The largest absolute Gasteiger partial charge is 0.322 e. The van der Waals surface area contributed by atoms with E-state index in [1.807, 2.05) is 30.3 Å². The molecule has 23 heavy (non-hydrogen) atoms. The van der Waals surface area contributed by atoms with Crippen LogP contribution in [0.3, 0.4) is 0 Å². The Morgan fingerprint density at radius 2 is 1.74 bits per heavy atom. The number of aryl methyl sites for hydroxylation is 1. The van der Waals surface area contributed by atoms with E-state index in [4.69, 9.17) is 0 Å². The van der Waals surface area contributed by atoms with Gasteiger partial charge < -0.3 is 5.32 Å². The van der Waals surface area contributed by atoms with Gasteiger partial charge in [-0.05, 0) is 61.7 Å². The van der Waals surface area contributed by atoms with Gasteiger partial charge in [-0.15, -0.1) is 0 Å². The van der Waals surface area contributed by atoms with Crippen LogP contribution < -0.4 is 5.32 Å². The molecule has 1 saturated heterocycles. The number of benzene rings is 2. The summed E-state index contributed by atoms with van der Waals surface area (Å²) in [6, 6.07) is 15.9. The van der Waals surface area contributed by atoms with Crippen LogP contribution in [0.15, 0.2) is 48.5 Å². The second kappa shape index (κ2) is 7.42. The Labute approximate surface area is 138 Å². The first-order valence-electron chi connectivity index (χ1n) is 8.47. The van der Waals surface area contributed by atoms with Crippen molar-refractivity contribution >= 4 is 11.6 Å². The maximum atomic E-state index is 12.4. The molecule has 0 radical (unpaired) electrons. The lowest BCUT2D eigenvalue weighted by Gasteiger charge is -2.15. The van der Waals surface area contributed by atoms with Gasteiger partial charge in [-0.2, -0.15) is 0 Å². The average Bonchev–Trinajstić information content (AvgIpc) is 3.09. The van der Waals surface area contributed by atoms with E-state index in [0.717, 1.165) is 24.2 Å². The summed E-state index contributed by atoms with van der Waals surface area (Å²) in [5, 5.41) is 3.02. The number of likely N-dealkylation sites (tertiary alicyclic amines) is 1. The van der Waals surface area contributed by atoms with Crippen molar-refractivity contribution in [1.82, 2.24) is 4.90 Å². The van der Waals surface area contributed by atoms with E-state index in [1.165, 1.54) is 31.5 Å². The van der Waals surface area contributed by atoms with Crippen molar-refractivity contribution in [2.75, 3.05) is 18.4 Å². The van der Waals surface area contributed by atoms with Crippen LogP contribution in [-0.2, 0) is 13.0 Å². The van der Waals surface area contributed by atoms with Gasteiger partial charge in [0.25, 0.3) is 5.91 Å². The molecule has 0 bridgehead atoms. The average molecular weight is 308 g/mol. The quantitative estimate of drug-likeness (QED) is 0.902. The fourth-order valence-corrected chi connectivity index (χ4v) is 3.11. The van der Waals surface area contributed by atoms with Gasteiger partial charge in [-0.1, -0.05) is 37.3 Å². The third kappa shape index (κ3) is 3.99. The number of carbonyl (C=O) groups excluding carboxylic acids is 1. The zero-order valence-corrected chi connectivity index (χ0v) is 13.7. The van der Waals surface area contributed by atoms with Crippen molar-refractivity contribution < 1.29 is 4.79 Å². The van der Waals surface area contributed by atoms with Gasteiger partial charge in [0.2, 0.25) is 0 Å². The SMILES string of the molecule is CCc1ccccc1NC(=O)c1ccc(CN2CCCC2)cc1. The number of amides is 1. The van der Waals surface area contributed by atoms with E-state index in [2.05, 4.69) is 35.3 Å². The molecule has 1 aliphatic heterocycles. The maximum absolute atomic E-state index is 12.4. The molecule has 2 aromatic rings. The molecule has 0 unspecified atom stereocenters. The summed E-state index contributed by atoms with van der Waals surface area (Å²) in [7, 11) is 0. The highest BCUT2D eigenvalue weighted by atomic mass is 16.1. The highest BCUT2D eigenvalue weighted by molar-refractivity contribution is 6.04. The molecule has 3 rings (SSSR count). The lowest BCUT2D eigenvalue weighted by atomic mass is 10.1. The van der Waals surface area contributed by atoms with Crippen LogP contribution >= 0.6 is 0 Å². The predicted octanol–water partition coefficient (Wildman–Crippen LogP) is 4.10. The van der Waals surface area contributed by atoms with Crippen molar-refractivity contribution in [1.29, 1.82) is 0 Å². The van der Waals surface area contributed by atoms with E-state index in [0.29, 0.717) is 5.56 Å². The highest BCUT2D eigenvalue weighted by Crippen LogP contribution is 2.17. The van der Waals surface area contributed by atoms with Crippen LogP contribution in [0.1, 0.15) is 41.3 Å². The lowest BCUT2D eigenvalue weighted by molar-refractivity contribution is 0.102. The molecule has 3 heteroatoms. The number of hydrogen-bond acceptors (Lipinski definition) is 2. The van der Waals surface area contributed by atoms with E-state index in [-0.39, 0.29) is 5.91 Å². The topological polar surface area (TPSA) is 32.3 Å².